The molecular formula is C26H26FN3O4. The van der Waals surface area contributed by atoms with E-state index in [9.17, 15) is 14.0 Å². The Balaban J connectivity index is 1.70. The molecule has 5 rings (SSSR count). The number of amides is 1. The third-order valence-electron chi connectivity index (χ3n) is 6.46. The van der Waals surface area contributed by atoms with E-state index < -0.39 is 11.4 Å². The molecule has 7 nitrogen and oxygen atoms in total. The van der Waals surface area contributed by atoms with Crippen molar-refractivity contribution in [2.45, 2.75) is 38.7 Å². The van der Waals surface area contributed by atoms with Crippen LogP contribution in [0.1, 0.15) is 47.4 Å². The number of benzene rings is 1. The molecule has 2 aliphatic rings. The fourth-order valence-electron chi connectivity index (χ4n) is 4.88. The zero-order chi connectivity index (χ0) is 24.0. The monoisotopic (exact) mass is 463 g/mol. The lowest BCUT2D eigenvalue weighted by molar-refractivity contribution is -0.140. The first-order valence-corrected chi connectivity index (χ1v) is 11.3. The highest BCUT2D eigenvalue weighted by molar-refractivity contribution is 6.18. The number of fused-ring (bicyclic) bond motifs is 4. The Hall–Kier alpha value is -3.52. The lowest BCUT2D eigenvalue weighted by Gasteiger charge is -2.31. The Morgan fingerprint density at radius 2 is 2.12 bits per heavy atom. The number of rotatable bonds is 3. The number of hydrogen-bond acceptors (Lipinski definition) is 5. The summed E-state index contributed by atoms with van der Waals surface area (Å²) in [6, 6.07) is 8.09. The Bertz CT molecular complexity index is 1320. The molecule has 1 amide bonds. The van der Waals surface area contributed by atoms with Crippen molar-refractivity contribution in [3.63, 3.8) is 0 Å². The minimum absolute atomic E-state index is 0.248. The van der Waals surface area contributed by atoms with Crippen LogP contribution in [0.15, 0.2) is 42.7 Å². The van der Waals surface area contributed by atoms with E-state index in [-0.39, 0.29) is 23.4 Å². The van der Waals surface area contributed by atoms with Crippen molar-refractivity contribution < 1.29 is 23.5 Å². The van der Waals surface area contributed by atoms with E-state index in [2.05, 4.69) is 9.97 Å². The van der Waals surface area contributed by atoms with Crippen molar-refractivity contribution in [2.24, 2.45) is 0 Å². The third-order valence-corrected chi connectivity index (χ3v) is 6.46. The second-order valence-corrected chi connectivity index (χ2v) is 9.25. The summed E-state index contributed by atoms with van der Waals surface area (Å²) in [6.07, 6.45) is 3.58. The summed E-state index contributed by atoms with van der Waals surface area (Å²) in [7, 11) is 0. The van der Waals surface area contributed by atoms with Gasteiger partial charge in [-0.15, -0.1) is 0 Å². The zero-order valence-electron chi connectivity index (χ0n) is 19.4. The van der Waals surface area contributed by atoms with Gasteiger partial charge in [0.2, 0.25) is 0 Å². The van der Waals surface area contributed by atoms with Crippen molar-refractivity contribution in [3.05, 3.63) is 70.9 Å². The number of aromatic nitrogens is 2. The molecule has 1 atom stereocenters. The largest absolute Gasteiger partial charge is 0.459 e. The normalized spacial score (nSPS) is 19.9. The molecule has 0 saturated carbocycles. The van der Waals surface area contributed by atoms with Crippen LogP contribution in [0.4, 0.5) is 4.39 Å². The summed E-state index contributed by atoms with van der Waals surface area (Å²) in [5.74, 6) is -1.23. The molecule has 34 heavy (non-hydrogen) atoms. The van der Waals surface area contributed by atoms with Crippen LogP contribution in [-0.4, -0.2) is 52.6 Å². The van der Waals surface area contributed by atoms with Crippen LogP contribution in [0.3, 0.4) is 0 Å². The molecule has 0 radical (unpaired) electrons. The van der Waals surface area contributed by atoms with E-state index in [4.69, 9.17) is 9.47 Å². The van der Waals surface area contributed by atoms with Crippen LogP contribution in [0.5, 0.6) is 0 Å². The summed E-state index contributed by atoms with van der Waals surface area (Å²) in [5.41, 5.74) is 2.59. The van der Waals surface area contributed by atoms with Gasteiger partial charge in [0, 0.05) is 41.9 Å². The molecule has 3 aromatic rings. The fourth-order valence-corrected chi connectivity index (χ4v) is 4.88. The molecule has 1 aromatic carbocycles. The average Bonchev–Trinajstić information content (AvgIpc) is 3.39. The maximum Gasteiger partial charge on any atom is 0.342 e. The summed E-state index contributed by atoms with van der Waals surface area (Å²) in [5, 5.41) is 0.887. The molecule has 0 bridgehead atoms. The number of halogens is 1. The summed E-state index contributed by atoms with van der Waals surface area (Å²) in [6.45, 7) is 6.41. The second-order valence-electron chi connectivity index (χ2n) is 9.25. The first-order valence-electron chi connectivity index (χ1n) is 11.3. The quantitative estimate of drug-likeness (QED) is 0.591. The maximum absolute atomic E-state index is 13.9. The van der Waals surface area contributed by atoms with Crippen molar-refractivity contribution in [1.82, 2.24) is 14.9 Å². The average molecular weight is 464 g/mol. The first-order chi connectivity index (χ1) is 16.3. The molecule has 1 saturated heterocycles. The standard InChI is InChI=1S/C26H26FN3O4/c1-15(2)34-25(32)19-12-30(24(31)17-6-7-20(27)16(3)11-17)13-26(8-10-33-14-26)21-18-5-4-9-28-23(18)29-22(19)21/h4-7,9,11-12,15H,8,10,13-14H2,1-3H3,(H,28,29). The Kier molecular flexibility index (Phi) is 5.48. The van der Waals surface area contributed by atoms with Gasteiger partial charge in [-0.05, 0) is 68.7 Å². The van der Waals surface area contributed by atoms with Gasteiger partial charge in [-0.25, -0.2) is 14.2 Å². The molecule has 1 fully saturated rings. The molecule has 4 heterocycles. The molecule has 8 heteroatoms. The van der Waals surface area contributed by atoms with E-state index in [0.29, 0.717) is 48.6 Å². The van der Waals surface area contributed by atoms with Crippen LogP contribution in [0.2, 0.25) is 0 Å². The molecule has 1 unspecified atom stereocenters. The summed E-state index contributed by atoms with van der Waals surface area (Å²) < 4.78 is 25.2. The number of nitrogens with one attached hydrogen (secondary N) is 1. The van der Waals surface area contributed by atoms with Gasteiger partial charge >= 0.3 is 5.97 Å². The highest BCUT2D eigenvalue weighted by Gasteiger charge is 2.46. The van der Waals surface area contributed by atoms with E-state index in [1.165, 1.54) is 23.1 Å². The molecule has 176 valence electrons. The highest BCUT2D eigenvalue weighted by atomic mass is 19.1. The number of esters is 1. The second kappa shape index (κ2) is 8.36. The fraction of sp³-hybridized carbons (Fsp3) is 0.346. The van der Waals surface area contributed by atoms with E-state index in [0.717, 1.165) is 10.9 Å². The van der Waals surface area contributed by atoms with Gasteiger partial charge in [0.1, 0.15) is 11.5 Å². The van der Waals surface area contributed by atoms with E-state index >= 15 is 0 Å². The van der Waals surface area contributed by atoms with Gasteiger partial charge in [0.05, 0.1) is 24.0 Å². The zero-order valence-corrected chi connectivity index (χ0v) is 19.4. The molecular weight excluding hydrogens is 437 g/mol. The number of aromatic amines is 1. The summed E-state index contributed by atoms with van der Waals surface area (Å²) in [4.78, 5) is 36.2. The van der Waals surface area contributed by atoms with Crippen LogP contribution >= 0.6 is 0 Å². The van der Waals surface area contributed by atoms with Crippen molar-refractivity contribution in [3.8, 4) is 0 Å². The summed E-state index contributed by atoms with van der Waals surface area (Å²) >= 11 is 0. The maximum atomic E-state index is 13.9. The van der Waals surface area contributed by atoms with Crippen molar-refractivity contribution in [1.29, 1.82) is 0 Å². The van der Waals surface area contributed by atoms with Gasteiger partial charge in [0.25, 0.3) is 5.91 Å². The Morgan fingerprint density at radius 3 is 2.82 bits per heavy atom. The Morgan fingerprint density at radius 1 is 1.29 bits per heavy atom. The number of ether oxygens (including phenoxy) is 2. The number of pyridine rings is 1. The molecule has 0 aliphatic carbocycles. The SMILES string of the molecule is Cc1cc(C(=O)N2C=C(C(=O)OC(C)C)c3[nH]c4ncccc4c3C3(CCOC3)C2)ccc1F. The number of nitrogens with zero attached hydrogens (tertiary/aromatic N) is 2. The number of carbonyl (C=O) groups excluding carboxylic acids is 2. The lowest BCUT2D eigenvalue weighted by Crippen LogP contribution is -2.41. The predicted molar refractivity (Wildman–Crippen MR) is 125 cm³/mol. The van der Waals surface area contributed by atoms with Gasteiger partial charge in [-0.3, -0.25) is 4.79 Å². The van der Waals surface area contributed by atoms with Gasteiger partial charge in [-0.1, -0.05) is 0 Å². The first kappa shape index (κ1) is 22.3. The minimum Gasteiger partial charge on any atom is -0.459 e. The molecule has 1 spiro atoms. The van der Waals surface area contributed by atoms with E-state index in [1.807, 2.05) is 12.1 Å². The number of hydrogen-bond donors (Lipinski definition) is 1. The van der Waals surface area contributed by atoms with Crippen molar-refractivity contribution in [2.75, 3.05) is 19.8 Å². The van der Waals surface area contributed by atoms with Crippen LogP contribution in [-0.2, 0) is 19.7 Å². The van der Waals surface area contributed by atoms with Crippen LogP contribution in [0.25, 0.3) is 16.6 Å². The van der Waals surface area contributed by atoms with Crippen LogP contribution in [0, 0.1) is 12.7 Å². The van der Waals surface area contributed by atoms with Gasteiger partial charge in [-0.2, -0.15) is 0 Å². The predicted octanol–water partition coefficient (Wildman–Crippen LogP) is 4.12. The number of aryl methyl sites for hydroxylation is 1. The van der Waals surface area contributed by atoms with Crippen molar-refractivity contribution >= 4 is 28.5 Å². The van der Waals surface area contributed by atoms with Gasteiger partial charge < -0.3 is 19.4 Å². The minimum atomic E-state index is -0.544. The smallest absolute Gasteiger partial charge is 0.342 e. The number of carbonyl (C=O) groups is 2. The van der Waals surface area contributed by atoms with Crippen LogP contribution < -0.4 is 0 Å². The molecule has 2 aromatic heterocycles. The highest BCUT2D eigenvalue weighted by Crippen LogP contribution is 2.44. The van der Waals surface area contributed by atoms with E-state index in [1.54, 1.807) is 33.2 Å². The molecule has 2 aliphatic heterocycles. The Labute approximate surface area is 196 Å². The molecule has 1 N–H and O–H groups in total. The topological polar surface area (TPSA) is 84.5 Å². The lowest BCUT2D eigenvalue weighted by atomic mass is 9.77. The third kappa shape index (κ3) is 3.68. The number of H-pyrrole nitrogens is 1. The van der Waals surface area contributed by atoms with Gasteiger partial charge in [0.15, 0.2) is 0 Å².